The number of nitrogens with zero attached hydrogens (tertiary/aromatic N) is 1. The van der Waals surface area contributed by atoms with E-state index in [0.717, 1.165) is 31.7 Å². The van der Waals surface area contributed by atoms with Gasteiger partial charge in [0, 0.05) is 11.4 Å². The summed E-state index contributed by atoms with van der Waals surface area (Å²) in [6, 6.07) is 13.7. The van der Waals surface area contributed by atoms with Crippen molar-refractivity contribution in [1.82, 2.24) is 10.2 Å². The zero-order valence-corrected chi connectivity index (χ0v) is 14.7. The summed E-state index contributed by atoms with van der Waals surface area (Å²) in [6.07, 6.45) is 2.33. The first-order valence-corrected chi connectivity index (χ1v) is 9.42. The van der Waals surface area contributed by atoms with Gasteiger partial charge in [0.25, 0.3) is 0 Å². The third kappa shape index (κ3) is 4.66. The smallest absolute Gasteiger partial charge is 0.239 e. The molecule has 24 heavy (non-hydrogen) atoms. The predicted molar refractivity (Wildman–Crippen MR) is 98.7 cm³/mol. The van der Waals surface area contributed by atoms with Crippen molar-refractivity contribution in [1.29, 1.82) is 0 Å². The minimum atomic E-state index is -0.393. The number of benzene rings is 1. The van der Waals surface area contributed by atoms with Crippen molar-refractivity contribution in [2.45, 2.75) is 25.4 Å². The molecule has 1 aromatic carbocycles. The number of nitrogens with two attached hydrogens (primary N) is 1. The summed E-state index contributed by atoms with van der Waals surface area (Å²) in [6.45, 7) is 4.15. The number of amides is 1. The van der Waals surface area contributed by atoms with Gasteiger partial charge in [0.15, 0.2) is 0 Å². The Morgan fingerprint density at radius 2 is 1.96 bits per heavy atom. The first kappa shape index (κ1) is 17.1. The lowest BCUT2D eigenvalue weighted by molar-refractivity contribution is -0.120. The summed E-state index contributed by atoms with van der Waals surface area (Å²) >= 11 is 1.83. The summed E-state index contributed by atoms with van der Waals surface area (Å²) in [5.74, 6) is 0.298. The zero-order chi connectivity index (χ0) is 16.8. The number of primary amides is 1. The maximum atomic E-state index is 11.8. The number of thiophene rings is 1. The van der Waals surface area contributed by atoms with Gasteiger partial charge in [0.2, 0.25) is 5.91 Å². The van der Waals surface area contributed by atoms with E-state index in [1.165, 1.54) is 17.7 Å². The molecule has 3 N–H and O–H groups in total. The number of carbonyl (C=O) groups excluding carboxylic acids is 1. The van der Waals surface area contributed by atoms with Gasteiger partial charge in [-0.1, -0.05) is 36.4 Å². The summed E-state index contributed by atoms with van der Waals surface area (Å²) < 4.78 is 0. The molecule has 1 atom stereocenters. The van der Waals surface area contributed by atoms with E-state index in [1.807, 2.05) is 41.7 Å². The first-order chi connectivity index (χ1) is 11.7. The van der Waals surface area contributed by atoms with E-state index in [4.69, 9.17) is 5.73 Å². The van der Waals surface area contributed by atoms with E-state index in [1.54, 1.807) is 0 Å². The number of likely N-dealkylation sites (tertiary alicyclic amines) is 1. The lowest BCUT2D eigenvalue weighted by Crippen LogP contribution is -2.40. The second-order valence-electron chi connectivity index (χ2n) is 6.45. The molecule has 2 heterocycles. The molecule has 0 spiro atoms. The summed E-state index contributed by atoms with van der Waals surface area (Å²) in [4.78, 5) is 15.7. The molecule has 0 saturated carbocycles. The molecule has 1 amide bonds. The second-order valence-corrected chi connectivity index (χ2v) is 7.49. The second kappa shape index (κ2) is 8.42. The topological polar surface area (TPSA) is 58.4 Å². The Morgan fingerprint density at radius 3 is 2.58 bits per heavy atom. The van der Waals surface area contributed by atoms with E-state index in [-0.39, 0.29) is 5.91 Å². The minimum Gasteiger partial charge on any atom is -0.368 e. The van der Waals surface area contributed by atoms with E-state index in [9.17, 15) is 4.79 Å². The third-order valence-corrected chi connectivity index (χ3v) is 5.56. The average Bonchev–Trinajstić information content (AvgIpc) is 3.10. The molecular weight excluding hydrogens is 318 g/mol. The number of hydrogen-bond acceptors (Lipinski definition) is 4. The van der Waals surface area contributed by atoms with Crippen molar-refractivity contribution in [2.24, 2.45) is 11.7 Å². The highest BCUT2D eigenvalue weighted by atomic mass is 32.1. The van der Waals surface area contributed by atoms with Gasteiger partial charge in [-0.2, -0.15) is 0 Å². The largest absolute Gasteiger partial charge is 0.368 e. The van der Waals surface area contributed by atoms with E-state index in [0.29, 0.717) is 5.92 Å². The molecule has 128 valence electrons. The molecule has 1 saturated heterocycles. The van der Waals surface area contributed by atoms with Gasteiger partial charge in [-0.15, -0.1) is 11.3 Å². The molecule has 1 fully saturated rings. The van der Waals surface area contributed by atoms with Crippen molar-refractivity contribution in [3.05, 3.63) is 58.3 Å². The van der Waals surface area contributed by atoms with Crippen LogP contribution in [-0.4, -0.2) is 30.4 Å². The van der Waals surface area contributed by atoms with Crippen LogP contribution < -0.4 is 11.1 Å². The fourth-order valence-electron chi connectivity index (χ4n) is 3.28. The number of hydrogen-bond donors (Lipinski definition) is 2. The van der Waals surface area contributed by atoms with Crippen LogP contribution in [0.3, 0.4) is 0 Å². The number of rotatable bonds is 7. The molecule has 1 aliphatic heterocycles. The van der Waals surface area contributed by atoms with Gasteiger partial charge in [-0.05, 0) is 55.4 Å². The van der Waals surface area contributed by atoms with Crippen LogP contribution in [-0.2, 0) is 11.3 Å². The SMILES string of the molecule is NC(=O)[C@H](NCC1CCN(Cc2cccs2)CC1)c1ccccc1. The van der Waals surface area contributed by atoms with Crippen molar-refractivity contribution in [3.8, 4) is 0 Å². The fourth-order valence-corrected chi connectivity index (χ4v) is 4.03. The highest BCUT2D eigenvalue weighted by molar-refractivity contribution is 7.09. The molecule has 3 rings (SSSR count). The minimum absolute atomic E-state index is 0.309. The lowest BCUT2D eigenvalue weighted by Gasteiger charge is -2.32. The molecule has 1 aliphatic rings. The van der Waals surface area contributed by atoms with Crippen molar-refractivity contribution >= 4 is 17.2 Å². The molecule has 4 nitrogen and oxygen atoms in total. The monoisotopic (exact) mass is 343 g/mol. The van der Waals surface area contributed by atoms with E-state index < -0.39 is 6.04 Å². The Morgan fingerprint density at radius 1 is 1.21 bits per heavy atom. The zero-order valence-electron chi connectivity index (χ0n) is 13.9. The third-order valence-electron chi connectivity index (χ3n) is 4.69. The van der Waals surface area contributed by atoms with E-state index >= 15 is 0 Å². The molecule has 5 heteroatoms. The number of nitrogens with one attached hydrogen (secondary N) is 1. The maximum Gasteiger partial charge on any atom is 0.239 e. The van der Waals surface area contributed by atoms with Crippen LogP contribution in [0.1, 0.15) is 29.3 Å². The van der Waals surface area contributed by atoms with Crippen LogP contribution in [0, 0.1) is 5.92 Å². The Kier molecular flexibility index (Phi) is 6.01. The van der Waals surface area contributed by atoms with Crippen LogP contribution in [0.4, 0.5) is 0 Å². The summed E-state index contributed by atoms with van der Waals surface area (Å²) in [5.41, 5.74) is 6.52. The van der Waals surface area contributed by atoms with Crippen LogP contribution in [0.2, 0.25) is 0 Å². The highest BCUT2D eigenvalue weighted by Crippen LogP contribution is 2.21. The van der Waals surface area contributed by atoms with Crippen LogP contribution in [0.5, 0.6) is 0 Å². The molecule has 0 radical (unpaired) electrons. The quantitative estimate of drug-likeness (QED) is 0.813. The lowest BCUT2D eigenvalue weighted by atomic mass is 9.95. The maximum absolute atomic E-state index is 11.8. The fraction of sp³-hybridized carbons (Fsp3) is 0.421. The van der Waals surface area contributed by atoms with Gasteiger partial charge < -0.3 is 11.1 Å². The van der Waals surface area contributed by atoms with Gasteiger partial charge in [0.1, 0.15) is 6.04 Å². The standard InChI is InChI=1S/C19H25N3OS/c20-19(23)18(16-5-2-1-3-6-16)21-13-15-8-10-22(11-9-15)14-17-7-4-12-24-17/h1-7,12,15,18,21H,8-11,13-14H2,(H2,20,23)/t18-/m1/s1. The van der Waals surface area contributed by atoms with Gasteiger partial charge in [-0.25, -0.2) is 0 Å². The molecule has 0 unspecified atom stereocenters. The number of piperidine rings is 1. The Balaban J connectivity index is 1.46. The molecular formula is C19H25N3OS. The highest BCUT2D eigenvalue weighted by Gasteiger charge is 2.22. The van der Waals surface area contributed by atoms with Crippen LogP contribution >= 0.6 is 11.3 Å². The summed E-state index contributed by atoms with van der Waals surface area (Å²) in [7, 11) is 0. The molecule has 0 aliphatic carbocycles. The van der Waals surface area contributed by atoms with Crippen molar-refractivity contribution in [3.63, 3.8) is 0 Å². The van der Waals surface area contributed by atoms with Crippen LogP contribution in [0.25, 0.3) is 0 Å². The molecule has 1 aromatic heterocycles. The van der Waals surface area contributed by atoms with Crippen molar-refractivity contribution in [2.75, 3.05) is 19.6 Å². The van der Waals surface area contributed by atoms with Crippen LogP contribution in [0.15, 0.2) is 47.8 Å². The van der Waals surface area contributed by atoms with Gasteiger partial charge in [0.05, 0.1) is 0 Å². The Labute approximate surface area is 147 Å². The molecule has 0 bridgehead atoms. The van der Waals surface area contributed by atoms with E-state index in [2.05, 4.69) is 27.7 Å². The Hall–Kier alpha value is -1.69. The van der Waals surface area contributed by atoms with Crippen molar-refractivity contribution < 1.29 is 4.79 Å². The molecule has 2 aromatic rings. The number of carbonyl (C=O) groups is 1. The first-order valence-electron chi connectivity index (χ1n) is 8.55. The average molecular weight is 343 g/mol. The predicted octanol–water partition coefficient (Wildman–Crippen LogP) is 2.78. The van der Waals surface area contributed by atoms with Gasteiger partial charge >= 0.3 is 0 Å². The van der Waals surface area contributed by atoms with Gasteiger partial charge in [-0.3, -0.25) is 9.69 Å². The normalized spacial score (nSPS) is 17.7. The Bertz CT molecular complexity index is 621. The summed E-state index contributed by atoms with van der Waals surface area (Å²) in [5, 5.41) is 5.51.